The molecule has 0 saturated carbocycles. The minimum atomic E-state index is -4.51. The molecule has 3 rings (SSSR count). The van der Waals surface area contributed by atoms with Gasteiger partial charge in [0, 0.05) is 11.6 Å². The molecule has 2 aromatic heterocycles. The smallest absolute Gasteiger partial charge is 0.237 e. The predicted octanol–water partition coefficient (Wildman–Crippen LogP) is 4.45. The summed E-state index contributed by atoms with van der Waals surface area (Å²) in [6.07, 6.45) is -3.13. The highest BCUT2D eigenvalue weighted by atomic mass is 19.4. The van der Waals surface area contributed by atoms with E-state index in [-0.39, 0.29) is 11.5 Å². The van der Waals surface area contributed by atoms with Crippen molar-refractivity contribution in [3.8, 4) is 11.1 Å². The lowest BCUT2D eigenvalue weighted by Crippen LogP contribution is -2.08. The Morgan fingerprint density at radius 1 is 0.857 bits per heavy atom. The Bertz CT molecular complexity index is 795. The Labute approximate surface area is 117 Å². The summed E-state index contributed by atoms with van der Waals surface area (Å²) in [7, 11) is 0. The van der Waals surface area contributed by atoms with Crippen LogP contribution in [-0.4, -0.2) is 9.97 Å². The van der Waals surface area contributed by atoms with Gasteiger partial charge in [-0.2, -0.15) is 13.2 Å². The Hall–Kier alpha value is -2.50. The highest BCUT2D eigenvalue weighted by Gasteiger charge is 2.32. The van der Waals surface area contributed by atoms with Crippen molar-refractivity contribution in [2.75, 3.05) is 0 Å². The van der Waals surface area contributed by atoms with Gasteiger partial charge >= 0.3 is 6.18 Å². The van der Waals surface area contributed by atoms with Crippen LogP contribution in [0.3, 0.4) is 0 Å². The van der Waals surface area contributed by atoms with Crippen LogP contribution in [0.25, 0.3) is 22.2 Å². The molecule has 0 aliphatic rings. The van der Waals surface area contributed by atoms with E-state index in [0.29, 0.717) is 16.5 Å². The highest BCUT2D eigenvalue weighted by molar-refractivity contribution is 5.92. The maximum absolute atomic E-state index is 13.0. The van der Waals surface area contributed by atoms with Crippen LogP contribution >= 0.6 is 0 Å². The summed E-state index contributed by atoms with van der Waals surface area (Å²) in [5, 5.41) is 0.483. The number of hydrogen-bond donors (Lipinski definition) is 0. The van der Waals surface area contributed by atoms with Gasteiger partial charge in [0.05, 0.1) is 0 Å². The first-order valence-corrected chi connectivity index (χ1v) is 6.04. The summed E-state index contributed by atoms with van der Waals surface area (Å²) in [6.45, 7) is 0. The molecule has 0 saturated heterocycles. The second kappa shape index (κ2) is 4.80. The summed E-state index contributed by atoms with van der Waals surface area (Å²) >= 11 is 0. The normalized spacial score (nSPS) is 11.8. The van der Waals surface area contributed by atoms with Gasteiger partial charge in [-0.05, 0) is 41.5 Å². The molecule has 3 aromatic rings. The van der Waals surface area contributed by atoms with E-state index in [1.165, 1.54) is 24.4 Å². The van der Waals surface area contributed by atoms with Gasteiger partial charge in [-0.3, -0.25) is 0 Å². The Morgan fingerprint density at radius 3 is 2.24 bits per heavy atom. The number of halogens is 4. The fourth-order valence-corrected chi connectivity index (χ4v) is 2.07. The van der Waals surface area contributed by atoms with Crippen LogP contribution in [0.15, 0.2) is 48.7 Å². The van der Waals surface area contributed by atoms with Crippen molar-refractivity contribution in [2.24, 2.45) is 0 Å². The molecule has 0 amide bonds. The van der Waals surface area contributed by atoms with Crippen molar-refractivity contribution in [3.63, 3.8) is 0 Å². The minimum absolute atomic E-state index is 0.00616. The first-order chi connectivity index (χ1) is 9.95. The fourth-order valence-electron chi connectivity index (χ4n) is 2.07. The van der Waals surface area contributed by atoms with E-state index in [1.54, 1.807) is 18.2 Å². The number of pyridine rings is 2. The van der Waals surface area contributed by atoms with E-state index in [2.05, 4.69) is 9.97 Å². The molecule has 21 heavy (non-hydrogen) atoms. The SMILES string of the molecule is Fc1ccc(-c2ccnc3nc(C(F)(F)F)ccc23)cc1. The zero-order chi connectivity index (χ0) is 15.0. The van der Waals surface area contributed by atoms with E-state index in [0.717, 1.165) is 6.07 Å². The van der Waals surface area contributed by atoms with Gasteiger partial charge in [0.15, 0.2) is 5.65 Å². The molecule has 2 heterocycles. The average Bonchev–Trinajstić information content (AvgIpc) is 2.46. The quantitative estimate of drug-likeness (QED) is 0.619. The zero-order valence-electron chi connectivity index (χ0n) is 10.5. The zero-order valence-corrected chi connectivity index (χ0v) is 10.5. The molecule has 0 N–H and O–H groups in total. The van der Waals surface area contributed by atoms with E-state index in [9.17, 15) is 17.6 Å². The van der Waals surface area contributed by atoms with Crippen molar-refractivity contribution in [2.45, 2.75) is 6.18 Å². The van der Waals surface area contributed by atoms with Crippen LogP contribution in [0.1, 0.15) is 5.69 Å². The van der Waals surface area contributed by atoms with Crippen molar-refractivity contribution in [1.29, 1.82) is 0 Å². The number of hydrogen-bond acceptors (Lipinski definition) is 2. The molecule has 0 radical (unpaired) electrons. The molecule has 0 aliphatic carbocycles. The standard InChI is InChI=1S/C15H8F4N2/c16-10-3-1-9(2-4-10)11-7-8-20-14-12(11)5-6-13(21-14)15(17,18)19/h1-8H. The topological polar surface area (TPSA) is 25.8 Å². The number of benzene rings is 1. The molecule has 1 aromatic carbocycles. The fraction of sp³-hybridized carbons (Fsp3) is 0.0667. The van der Waals surface area contributed by atoms with Gasteiger partial charge in [-0.1, -0.05) is 12.1 Å². The lowest BCUT2D eigenvalue weighted by atomic mass is 10.0. The Balaban J connectivity index is 2.19. The predicted molar refractivity (Wildman–Crippen MR) is 69.9 cm³/mol. The molecule has 0 aliphatic heterocycles. The number of aromatic nitrogens is 2. The third-order valence-corrected chi connectivity index (χ3v) is 3.05. The molecule has 106 valence electrons. The minimum Gasteiger partial charge on any atom is -0.237 e. The Morgan fingerprint density at radius 2 is 1.57 bits per heavy atom. The first kappa shape index (κ1) is 13.5. The highest BCUT2D eigenvalue weighted by Crippen LogP contribution is 2.31. The molecule has 6 heteroatoms. The molecular formula is C15H8F4N2. The molecule has 0 bridgehead atoms. The summed E-state index contributed by atoms with van der Waals surface area (Å²) in [6, 6.07) is 9.60. The summed E-state index contributed by atoms with van der Waals surface area (Å²) in [4.78, 5) is 7.41. The molecule has 2 nitrogen and oxygen atoms in total. The van der Waals surface area contributed by atoms with Gasteiger partial charge in [0.2, 0.25) is 0 Å². The number of rotatable bonds is 1. The summed E-state index contributed by atoms with van der Waals surface area (Å²) in [5.41, 5.74) is 0.358. The van der Waals surface area contributed by atoms with E-state index >= 15 is 0 Å². The van der Waals surface area contributed by atoms with Gasteiger partial charge in [0.25, 0.3) is 0 Å². The lowest BCUT2D eigenvalue weighted by Gasteiger charge is -2.09. The largest absolute Gasteiger partial charge is 0.433 e. The van der Waals surface area contributed by atoms with Crippen LogP contribution in [-0.2, 0) is 6.18 Å². The number of fused-ring (bicyclic) bond motifs is 1. The summed E-state index contributed by atoms with van der Waals surface area (Å²) in [5.74, 6) is -0.380. The van der Waals surface area contributed by atoms with Crippen molar-refractivity contribution in [1.82, 2.24) is 9.97 Å². The first-order valence-electron chi connectivity index (χ1n) is 6.04. The van der Waals surface area contributed by atoms with Gasteiger partial charge in [0.1, 0.15) is 11.5 Å². The van der Waals surface area contributed by atoms with Crippen LogP contribution < -0.4 is 0 Å². The lowest BCUT2D eigenvalue weighted by molar-refractivity contribution is -0.141. The second-order valence-electron chi connectivity index (χ2n) is 4.43. The molecule has 0 spiro atoms. The Kier molecular flexibility index (Phi) is 3.08. The van der Waals surface area contributed by atoms with Crippen molar-refractivity contribution in [3.05, 3.63) is 60.2 Å². The third-order valence-electron chi connectivity index (χ3n) is 3.05. The molecule has 0 unspecified atom stereocenters. The average molecular weight is 292 g/mol. The summed E-state index contributed by atoms with van der Waals surface area (Å²) < 4.78 is 50.9. The van der Waals surface area contributed by atoms with E-state index in [1.807, 2.05) is 0 Å². The van der Waals surface area contributed by atoms with Gasteiger partial charge in [-0.25, -0.2) is 14.4 Å². The van der Waals surface area contributed by atoms with Gasteiger partial charge in [-0.15, -0.1) is 0 Å². The molecule has 0 atom stereocenters. The van der Waals surface area contributed by atoms with Crippen molar-refractivity contribution >= 4 is 11.0 Å². The van der Waals surface area contributed by atoms with Gasteiger partial charge < -0.3 is 0 Å². The van der Waals surface area contributed by atoms with E-state index in [4.69, 9.17) is 0 Å². The van der Waals surface area contributed by atoms with Crippen LogP contribution in [0.2, 0.25) is 0 Å². The van der Waals surface area contributed by atoms with Crippen LogP contribution in [0, 0.1) is 5.82 Å². The third kappa shape index (κ3) is 2.56. The maximum atomic E-state index is 13.0. The number of nitrogens with zero attached hydrogens (tertiary/aromatic N) is 2. The second-order valence-corrected chi connectivity index (χ2v) is 4.43. The van der Waals surface area contributed by atoms with Crippen molar-refractivity contribution < 1.29 is 17.6 Å². The maximum Gasteiger partial charge on any atom is 0.433 e. The molecular weight excluding hydrogens is 284 g/mol. The van der Waals surface area contributed by atoms with Crippen LogP contribution in [0.4, 0.5) is 17.6 Å². The van der Waals surface area contributed by atoms with E-state index < -0.39 is 11.9 Å². The molecule has 0 fully saturated rings. The monoisotopic (exact) mass is 292 g/mol. The number of alkyl halides is 3. The van der Waals surface area contributed by atoms with Crippen LogP contribution in [0.5, 0.6) is 0 Å².